The third kappa shape index (κ3) is 2.11. The lowest BCUT2D eigenvalue weighted by Gasteiger charge is -2.45. The molecule has 0 aromatic heterocycles. The van der Waals surface area contributed by atoms with Crippen LogP contribution in [0.3, 0.4) is 0 Å². The minimum atomic E-state index is -0.336. The monoisotopic (exact) mass is 317 g/mol. The average Bonchev–Trinajstić information content (AvgIpc) is 2.94. The fourth-order valence-electron chi connectivity index (χ4n) is 3.44. The van der Waals surface area contributed by atoms with Crippen LogP contribution in [0.2, 0.25) is 0 Å². The number of halogens is 1. The summed E-state index contributed by atoms with van der Waals surface area (Å²) in [5, 5.41) is 0. The summed E-state index contributed by atoms with van der Waals surface area (Å²) in [7, 11) is 0. The second-order valence-corrected chi connectivity index (χ2v) is 6.30. The van der Waals surface area contributed by atoms with Gasteiger partial charge in [-0.2, -0.15) is 0 Å². The molecule has 2 atom stereocenters. The zero-order chi connectivity index (χ0) is 12.6. The van der Waals surface area contributed by atoms with E-state index < -0.39 is 0 Å². The number of hydroxylamine groups is 1. The number of hydrogen-bond donors (Lipinski definition) is 1. The summed E-state index contributed by atoms with van der Waals surface area (Å²) in [5.74, 6) is 0.106. The molecule has 2 fully saturated rings. The average molecular weight is 318 g/mol. The molecule has 1 saturated heterocycles. The molecular formula is C13H20BrNO3. The summed E-state index contributed by atoms with van der Waals surface area (Å²) in [6, 6.07) is 0. The van der Waals surface area contributed by atoms with Crippen molar-refractivity contribution >= 4 is 15.9 Å². The molecule has 3 rings (SSSR count). The van der Waals surface area contributed by atoms with Crippen molar-refractivity contribution < 1.29 is 14.3 Å². The Kier molecular flexibility index (Phi) is 3.43. The lowest BCUT2D eigenvalue weighted by Crippen LogP contribution is -2.50. The summed E-state index contributed by atoms with van der Waals surface area (Å²) >= 11 is 3.46. The van der Waals surface area contributed by atoms with Crippen LogP contribution in [0, 0.1) is 5.92 Å². The molecule has 1 N–H and O–H groups in total. The van der Waals surface area contributed by atoms with Crippen molar-refractivity contribution in [3.05, 3.63) is 10.7 Å². The highest BCUT2D eigenvalue weighted by molar-refractivity contribution is 9.11. The van der Waals surface area contributed by atoms with Gasteiger partial charge in [0.25, 0.3) is 0 Å². The van der Waals surface area contributed by atoms with Gasteiger partial charge in [0.15, 0.2) is 5.79 Å². The summed E-state index contributed by atoms with van der Waals surface area (Å²) in [6.07, 6.45) is 7.24. The molecule has 0 bridgehead atoms. The zero-order valence-corrected chi connectivity index (χ0v) is 12.3. The van der Waals surface area contributed by atoms with Crippen LogP contribution in [-0.2, 0) is 14.3 Å². The number of rotatable bonds is 2. The van der Waals surface area contributed by atoms with Crippen LogP contribution in [0.1, 0.15) is 39.0 Å². The quantitative estimate of drug-likeness (QED) is 0.795. The van der Waals surface area contributed by atoms with E-state index in [-0.39, 0.29) is 11.4 Å². The normalized spacial score (nSPS) is 38.1. The maximum absolute atomic E-state index is 5.86. The third-order valence-electron chi connectivity index (χ3n) is 4.31. The topological polar surface area (TPSA) is 39.7 Å². The van der Waals surface area contributed by atoms with E-state index in [0.717, 1.165) is 49.9 Å². The Bertz CT molecular complexity index is 354. The molecule has 0 aromatic carbocycles. The number of nitrogens with one attached hydrogen (secondary N) is 1. The van der Waals surface area contributed by atoms with Gasteiger partial charge in [0.05, 0.1) is 13.2 Å². The molecule has 4 nitrogen and oxygen atoms in total. The highest BCUT2D eigenvalue weighted by Crippen LogP contribution is 2.49. The molecule has 0 aromatic rings. The first-order chi connectivity index (χ1) is 8.68. The number of hydrogen-bond acceptors (Lipinski definition) is 4. The lowest BCUT2D eigenvalue weighted by molar-refractivity contribution is -0.226. The lowest BCUT2D eigenvalue weighted by atomic mass is 9.71. The molecule has 5 heteroatoms. The highest BCUT2D eigenvalue weighted by Gasteiger charge is 2.53. The van der Waals surface area contributed by atoms with Crippen molar-refractivity contribution in [1.29, 1.82) is 0 Å². The van der Waals surface area contributed by atoms with Gasteiger partial charge in [0.1, 0.15) is 10.2 Å². The molecule has 1 saturated carbocycles. The summed E-state index contributed by atoms with van der Waals surface area (Å²) in [4.78, 5) is 5.86. The second kappa shape index (κ2) is 4.78. The summed E-state index contributed by atoms with van der Waals surface area (Å²) < 4.78 is 12.7. The first-order valence-corrected chi connectivity index (χ1v) is 7.58. The van der Waals surface area contributed by atoms with Crippen LogP contribution in [0.4, 0.5) is 0 Å². The first kappa shape index (κ1) is 12.9. The minimum Gasteiger partial charge on any atom is -0.348 e. The summed E-state index contributed by atoms with van der Waals surface area (Å²) in [5.41, 5.74) is 2.76. The molecule has 102 valence electrons. The van der Waals surface area contributed by atoms with E-state index in [1.807, 2.05) is 0 Å². The van der Waals surface area contributed by atoms with Gasteiger partial charge in [0.2, 0.25) is 0 Å². The molecule has 0 amide bonds. The van der Waals surface area contributed by atoms with Crippen molar-refractivity contribution in [3.63, 3.8) is 0 Å². The first-order valence-electron chi connectivity index (χ1n) is 6.78. The molecule has 2 heterocycles. The maximum atomic E-state index is 5.86. The fraction of sp³-hybridized carbons (Fsp3) is 0.846. The van der Waals surface area contributed by atoms with Gasteiger partial charge < -0.3 is 9.47 Å². The molecule has 3 aliphatic rings. The largest absolute Gasteiger partial charge is 0.348 e. The van der Waals surface area contributed by atoms with Crippen molar-refractivity contribution in [2.24, 2.45) is 5.92 Å². The molecule has 2 spiro atoms. The minimum absolute atomic E-state index is 0.185. The fourth-order valence-corrected chi connectivity index (χ4v) is 3.90. The van der Waals surface area contributed by atoms with Crippen LogP contribution in [-0.4, -0.2) is 24.6 Å². The Labute approximate surface area is 116 Å². The number of ether oxygens (including phenoxy) is 2. The van der Waals surface area contributed by atoms with E-state index in [1.165, 1.54) is 0 Å². The Balaban J connectivity index is 1.81. The SMILES string of the molecule is CCCC1CC2(CCC13C=C(Br)NO3)OCCO2. The van der Waals surface area contributed by atoms with E-state index in [2.05, 4.69) is 34.4 Å². The smallest absolute Gasteiger partial charge is 0.169 e. The van der Waals surface area contributed by atoms with E-state index >= 15 is 0 Å². The zero-order valence-electron chi connectivity index (χ0n) is 10.7. The predicted octanol–water partition coefficient (Wildman–Crippen LogP) is 2.84. The van der Waals surface area contributed by atoms with Crippen molar-refractivity contribution in [1.82, 2.24) is 5.48 Å². The van der Waals surface area contributed by atoms with Crippen LogP contribution >= 0.6 is 15.9 Å². The Morgan fingerprint density at radius 3 is 2.78 bits per heavy atom. The van der Waals surface area contributed by atoms with Crippen LogP contribution < -0.4 is 5.48 Å². The van der Waals surface area contributed by atoms with Crippen LogP contribution in [0.15, 0.2) is 10.7 Å². The molecule has 2 unspecified atom stereocenters. The van der Waals surface area contributed by atoms with E-state index in [0.29, 0.717) is 5.92 Å². The Morgan fingerprint density at radius 2 is 2.17 bits per heavy atom. The van der Waals surface area contributed by atoms with Gasteiger partial charge in [-0.3, -0.25) is 10.3 Å². The van der Waals surface area contributed by atoms with E-state index in [1.54, 1.807) is 0 Å². The van der Waals surface area contributed by atoms with Crippen molar-refractivity contribution in [3.8, 4) is 0 Å². The predicted molar refractivity (Wildman–Crippen MR) is 70.8 cm³/mol. The summed E-state index contributed by atoms with van der Waals surface area (Å²) in [6.45, 7) is 3.67. The maximum Gasteiger partial charge on any atom is 0.169 e. The molecule has 1 aliphatic carbocycles. The van der Waals surface area contributed by atoms with Crippen molar-refractivity contribution in [2.45, 2.75) is 50.4 Å². The molecular weight excluding hydrogens is 298 g/mol. The van der Waals surface area contributed by atoms with Gasteiger partial charge in [-0.25, -0.2) is 0 Å². The van der Waals surface area contributed by atoms with Gasteiger partial charge in [-0.1, -0.05) is 13.3 Å². The standard InChI is InChI=1S/C13H20BrNO3/c1-2-3-10-8-13(16-6-7-17-13)5-4-12(10)9-11(14)15-18-12/h9-10,15H,2-8H2,1H3. The highest BCUT2D eigenvalue weighted by atomic mass is 79.9. The molecule has 0 radical (unpaired) electrons. The van der Waals surface area contributed by atoms with Gasteiger partial charge in [-0.05, 0) is 40.8 Å². The van der Waals surface area contributed by atoms with Gasteiger partial charge in [-0.15, -0.1) is 0 Å². The van der Waals surface area contributed by atoms with E-state index in [9.17, 15) is 0 Å². The van der Waals surface area contributed by atoms with Crippen LogP contribution in [0.5, 0.6) is 0 Å². The third-order valence-corrected chi connectivity index (χ3v) is 4.70. The Hall–Kier alpha value is -0.100. The van der Waals surface area contributed by atoms with Gasteiger partial charge in [0, 0.05) is 12.8 Å². The van der Waals surface area contributed by atoms with Gasteiger partial charge >= 0.3 is 0 Å². The Morgan fingerprint density at radius 1 is 1.39 bits per heavy atom. The van der Waals surface area contributed by atoms with E-state index in [4.69, 9.17) is 14.3 Å². The molecule has 2 aliphatic heterocycles. The second-order valence-electron chi connectivity index (χ2n) is 5.45. The van der Waals surface area contributed by atoms with Crippen molar-refractivity contribution in [2.75, 3.05) is 13.2 Å². The van der Waals surface area contributed by atoms with Crippen LogP contribution in [0.25, 0.3) is 0 Å². The molecule has 18 heavy (non-hydrogen) atoms.